The topological polar surface area (TPSA) is 68.7 Å². The van der Waals surface area contributed by atoms with Gasteiger partial charge >= 0.3 is 0 Å². The maximum atomic E-state index is 10.3. The van der Waals surface area contributed by atoms with E-state index in [0.29, 0.717) is 6.54 Å². The third kappa shape index (κ3) is 9.10. The predicted octanol–water partition coefficient (Wildman–Crippen LogP) is 2.49. The zero-order chi connectivity index (χ0) is 16.6. The Kier molecular flexibility index (Phi) is 10.7. The minimum Gasteiger partial charge on any atom is -0.392 e. The number of nitrogens with zero attached hydrogens (tertiary/aromatic N) is 1. The summed E-state index contributed by atoms with van der Waals surface area (Å²) in [5.74, 6) is 0.845. The van der Waals surface area contributed by atoms with Gasteiger partial charge in [-0.25, -0.2) is 0 Å². The third-order valence-corrected chi connectivity index (χ3v) is 4.30. The van der Waals surface area contributed by atoms with Crippen LogP contribution in [0.2, 0.25) is 0 Å². The van der Waals surface area contributed by atoms with Gasteiger partial charge in [-0.15, -0.1) is 24.0 Å². The minimum absolute atomic E-state index is 0. The van der Waals surface area contributed by atoms with Crippen molar-refractivity contribution in [3.63, 3.8) is 0 Å². The van der Waals surface area contributed by atoms with E-state index in [4.69, 9.17) is 4.99 Å². The van der Waals surface area contributed by atoms with E-state index in [1.807, 2.05) is 0 Å². The van der Waals surface area contributed by atoms with Crippen molar-refractivity contribution in [2.75, 3.05) is 26.2 Å². The first-order valence-corrected chi connectivity index (χ1v) is 8.72. The molecule has 4 N–H and O–H groups in total. The first kappa shape index (κ1) is 22.9. The molecule has 2 unspecified atom stereocenters. The molecule has 1 rings (SSSR count). The molecule has 0 saturated heterocycles. The molecule has 2 atom stereocenters. The van der Waals surface area contributed by atoms with Gasteiger partial charge in [0.05, 0.1) is 12.6 Å². The SMILES string of the molecule is CCNC(=NCC1(C)CCCCC1O)NCCNC(C)(C)C.I. The Labute approximate surface area is 159 Å². The number of guanidine groups is 1. The maximum Gasteiger partial charge on any atom is 0.191 e. The number of hydrogen-bond donors (Lipinski definition) is 4. The second kappa shape index (κ2) is 10.7. The van der Waals surface area contributed by atoms with Gasteiger partial charge in [0.15, 0.2) is 5.96 Å². The van der Waals surface area contributed by atoms with E-state index in [2.05, 4.69) is 50.6 Å². The Balaban J connectivity index is 0.00000484. The molecule has 0 spiro atoms. The number of halogens is 1. The Morgan fingerprint density at radius 3 is 2.48 bits per heavy atom. The molecule has 0 aromatic heterocycles. The van der Waals surface area contributed by atoms with Crippen molar-refractivity contribution in [2.24, 2.45) is 10.4 Å². The van der Waals surface area contributed by atoms with Crippen molar-refractivity contribution in [1.82, 2.24) is 16.0 Å². The molecule has 1 aliphatic carbocycles. The van der Waals surface area contributed by atoms with Crippen molar-refractivity contribution < 1.29 is 5.11 Å². The van der Waals surface area contributed by atoms with E-state index in [0.717, 1.165) is 44.9 Å². The first-order valence-electron chi connectivity index (χ1n) is 8.72. The van der Waals surface area contributed by atoms with Gasteiger partial charge in [0, 0.05) is 30.6 Å². The van der Waals surface area contributed by atoms with Crippen LogP contribution in [0.5, 0.6) is 0 Å². The molecule has 138 valence electrons. The van der Waals surface area contributed by atoms with Gasteiger partial charge in [0.25, 0.3) is 0 Å². The van der Waals surface area contributed by atoms with E-state index in [1.54, 1.807) is 0 Å². The largest absolute Gasteiger partial charge is 0.392 e. The summed E-state index contributed by atoms with van der Waals surface area (Å²) >= 11 is 0. The quantitative estimate of drug-likeness (QED) is 0.222. The molecule has 1 fully saturated rings. The highest BCUT2D eigenvalue weighted by molar-refractivity contribution is 14.0. The molecular formula is C17H37IN4O. The van der Waals surface area contributed by atoms with Gasteiger partial charge in [-0.1, -0.05) is 19.8 Å². The van der Waals surface area contributed by atoms with Crippen molar-refractivity contribution in [3.05, 3.63) is 0 Å². The summed E-state index contributed by atoms with van der Waals surface area (Å²) in [6, 6.07) is 0. The highest BCUT2D eigenvalue weighted by Crippen LogP contribution is 2.36. The van der Waals surface area contributed by atoms with E-state index < -0.39 is 0 Å². The molecule has 0 aromatic rings. The summed E-state index contributed by atoms with van der Waals surface area (Å²) in [6.07, 6.45) is 4.07. The number of aliphatic hydroxyl groups excluding tert-OH is 1. The summed E-state index contributed by atoms with van der Waals surface area (Å²) in [4.78, 5) is 4.70. The monoisotopic (exact) mass is 440 g/mol. The first-order chi connectivity index (χ1) is 10.3. The van der Waals surface area contributed by atoms with Crippen molar-refractivity contribution in [3.8, 4) is 0 Å². The lowest BCUT2D eigenvalue weighted by atomic mass is 9.73. The summed E-state index contributed by atoms with van der Waals surface area (Å²) in [5, 5.41) is 20.3. The lowest BCUT2D eigenvalue weighted by molar-refractivity contribution is 0.00716. The Morgan fingerprint density at radius 1 is 1.22 bits per heavy atom. The lowest BCUT2D eigenvalue weighted by Crippen LogP contribution is -2.45. The van der Waals surface area contributed by atoms with Crippen LogP contribution >= 0.6 is 24.0 Å². The van der Waals surface area contributed by atoms with E-state index in [1.165, 1.54) is 6.42 Å². The van der Waals surface area contributed by atoms with Gasteiger partial charge in [-0.05, 0) is 40.5 Å². The Bertz CT molecular complexity index is 357. The third-order valence-electron chi connectivity index (χ3n) is 4.30. The number of hydrogen-bond acceptors (Lipinski definition) is 3. The molecule has 0 amide bonds. The van der Waals surface area contributed by atoms with E-state index >= 15 is 0 Å². The summed E-state index contributed by atoms with van der Waals surface area (Å²) in [5.41, 5.74) is 0.0567. The molecule has 0 heterocycles. The average molecular weight is 440 g/mol. The van der Waals surface area contributed by atoms with Crippen LogP contribution in [-0.4, -0.2) is 48.9 Å². The molecular weight excluding hydrogens is 403 g/mol. The second-order valence-corrected chi connectivity index (χ2v) is 7.71. The summed E-state index contributed by atoms with van der Waals surface area (Å²) < 4.78 is 0. The number of nitrogens with one attached hydrogen (secondary N) is 3. The average Bonchev–Trinajstić information content (AvgIpc) is 2.43. The van der Waals surface area contributed by atoms with Crippen LogP contribution in [0.1, 0.15) is 60.3 Å². The molecule has 0 aliphatic heterocycles. The van der Waals surface area contributed by atoms with Crippen molar-refractivity contribution >= 4 is 29.9 Å². The Morgan fingerprint density at radius 2 is 1.91 bits per heavy atom. The van der Waals surface area contributed by atoms with Crippen LogP contribution in [0.15, 0.2) is 4.99 Å². The van der Waals surface area contributed by atoms with Crippen molar-refractivity contribution in [1.29, 1.82) is 0 Å². The minimum atomic E-state index is -0.226. The van der Waals surface area contributed by atoms with Crippen LogP contribution in [0.3, 0.4) is 0 Å². The molecule has 0 aromatic carbocycles. The maximum absolute atomic E-state index is 10.3. The van der Waals surface area contributed by atoms with Gasteiger partial charge in [0.2, 0.25) is 0 Å². The van der Waals surface area contributed by atoms with Crippen LogP contribution in [0.25, 0.3) is 0 Å². The zero-order valence-corrected chi connectivity index (χ0v) is 17.9. The van der Waals surface area contributed by atoms with Crippen molar-refractivity contribution in [2.45, 2.75) is 71.9 Å². The van der Waals surface area contributed by atoms with Gasteiger partial charge in [-0.2, -0.15) is 0 Å². The fraction of sp³-hybridized carbons (Fsp3) is 0.941. The predicted molar refractivity (Wildman–Crippen MR) is 110 cm³/mol. The van der Waals surface area contributed by atoms with Gasteiger partial charge < -0.3 is 21.1 Å². The molecule has 23 heavy (non-hydrogen) atoms. The Hall–Kier alpha value is -0.0800. The van der Waals surface area contributed by atoms with E-state index in [-0.39, 0.29) is 41.0 Å². The fourth-order valence-corrected chi connectivity index (χ4v) is 2.79. The molecule has 6 heteroatoms. The summed E-state index contributed by atoms with van der Waals surface area (Å²) in [7, 11) is 0. The fourth-order valence-electron chi connectivity index (χ4n) is 2.79. The van der Waals surface area contributed by atoms with E-state index in [9.17, 15) is 5.11 Å². The highest BCUT2D eigenvalue weighted by Gasteiger charge is 2.35. The molecule has 1 aliphatic rings. The zero-order valence-electron chi connectivity index (χ0n) is 15.5. The number of aliphatic imine (C=N–C) groups is 1. The lowest BCUT2D eigenvalue weighted by Gasteiger charge is -2.37. The van der Waals surface area contributed by atoms with Crippen LogP contribution in [0, 0.1) is 5.41 Å². The molecule has 0 bridgehead atoms. The van der Waals surface area contributed by atoms with Gasteiger partial charge in [-0.3, -0.25) is 4.99 Å². The number of aliphatic hydroxyl groups is 1. The van der Waals surface area contributed by atoms with Crippen LogP contribution in [-0.2, 0) is 0 Å². The van der Waals surface area contributed by atoms with Crippen LogP contribution < -0.4 is 16.0 Å². The molecule has 0 radical (unpaired) electrons. The van der Waals surface area contributed by atoms with Crippen LogP contribution in [0.4, 0.5) is 0 Å². The smallest absolute Gasteiger partial charge is 0.191 e. The normalized spacial score (nSPS) is 25.7. The summed E-state index contributed by atoms with van der Waals surface area (Å²) in [6.45, 7) is 14.0. The molecule has 5 nitrogen and oxygen atoms in total. The number of rotatable bonds is 6. The standard InChI is InChI=1S/C17H36N4O.HI/c1-6-18-15(19-11-12-21-16(2,3)4)20-13-17(5)10-8-7-9-14(17)22;/h14,21-22H,6-13H2,1-5H3,(H2,18,19,20);1H. The second-order valence-electron chi connectivity index (χ2n) is 7.71. The molecule has 1 saturated carbocycles. The highest BCUT2D eigenvalue weighted by atomic mass is 127. The van der Waals surface area contributed by atoms with Gasteiger partial charge in [0.1, 0.15) is 0 Å².